The molecule has 0 spiro atoms. The Morgan fingerprint density at radius 3 is 2.67 bits per heavy atom. The Balaban J connectivity index is 2.00. The molecule has 2 fully saturated rings. The quantitative estimate of drug-likeness (QED) is 0.835. The maximum atomic E-state index is 5.71. The second kappa shape index (κ2) is 5.48. The lowest BCUT2D eigenvalue weighted by Gasteiger charge is -2.47. The largest absolute Gasteiger partial charge is 0.378 e. The van der Waals surface area contributed by atoms with E-state index in [-0.39, 0.29) is 5.54 Å². The summed E-state index contributed by atoms with van der Waals surface area (Å²) in [6, 6.07) is 0.672. The van der Waals surface area contributed by atoms with E-state index in [0.29, 0.717) is 18.1 Å². The molecule has 18 heavy (non-hydrogen) atoms. The standard InChI is InChI=1S/C15H30N2O/c1-11(2)14-8-16-15(4,5)10-17(14)9-13-6-7-18-12(13)3/h11-14,16H,6-10H2,1-5H3. The van der Waals surface area contributed by atoms with Crippen molar-refractivity contribution in [2.45, 2.75) is 58.7 Å². The van der Waals surface area contributed by atoms with Crippen LogP contribution in [-0.4, -0.2) is 48.8 Å². The summed E-state index contributed by atoms with van der Waals surface area (Å²) in [7, 11) is 0. The Morgan fingerprint density at radius 2 is 2.11 bits per heavy atom. The zero-order valence-corrected chi connectivity index (χ0v) is 12.7. The number of ether oxygens (including phenoxy) is 1. The Hall–Kier alpha value is -0.120. The molecule has 0 aromatic carbocycles. The van der Waals surface area contributed by atoms with Gasteiger partial charge in [0.1, 0.15) is 0 Å². The number of piperazine rings is 1. The molecule has 0 saturated carbocycles. The third-order valence-corrected chi connectivity index (χ3v) is 4.63. The minimum Gasteiger partial charge on any atom is -0.378 e. The van der Waals surface area contributed by atoms with E-state index in [1.807, 2.05) is 0 Å². The topological polar surface area (TPSA) is 24.5 Å². The summed E-state index contributed by atoms with van der Waals surface area (Å²) in [5.74, 6) is 1.44. The molecule has 3 nitrogen and oxygen atoms in total. The Kier molecular flexibility index (Phi) is 4.35. The minimum atomic E-state index is 0.244. The fourth-order valence-electron chi connectivity index (χ4n) is 3.37. The lowest BCUT2D eigenvalue weighted by Crippen LogP contribution is -2.63. The van der Waals surface area contributed by atoms with Gasteiger partial charge in [-0.2, -0.15) is 0 Å². The van der Waals surface area contributed by atoms with Crippen molar-refractivity contribution >= 4 is 0 Å². The fourth-order valence-corrected chi connectivity index (χ4v) is 3.37. The van der Waals surface area contributed by atoms with E-state index in [2.05, 4.69) is 44.8 Å². The SMILES string of the molecule is CC(C)C1CNC(C)(C)CN1CC1CCOC1C. The van der Waals surface area contributed by atoms with Gasteiger partial charge in [0.05, 0.1) is 6.10 Å². The van der Waals surface area contributed by atoms with Crippen molar-refractivity contribution in [1.82, 2.24) is 10.2 Å². The first-order chi connectivity index (χ1) is 8.39. The summed E-state index contributed by atoms with van der Waals surface area (Å²) in [4.78, 5) is 2.71. The van der Waals surface area contributed by atoms with Gasteiger partial charge in [-0.3, -0.25) is 4.90 Å². The molecule has 0 bridgehead atoms. The normalized spacial score (nSPS) is 37.3. The molecule has 2 heterocycles. The average Bonchev–Trinajstić information content (AvgIpc) is 2.62. The highest BCUT2D eigenvalue weighted by Crippen LogP contribution is 2.26. The van der Waals surface area contributed by atoms with E-state index in [1.54, 1.807) is 0 Å². The number of hydrogen-bond donors (Lipinski definition) is 1. The van der Waals surface area contributed by atoms with E-state index < -0.39 is 0 Å². The first kappa shape index (κ1) is 14.3. The molecule has 2 saturated heterocycles. The summed E-state index contributed by atoms with van der Waals surface area (Å²) < 4.78 is 5.71. The fraction of sp³-hybridized carbons (Fsp3) is 1.00. The summed E-state index contributed by atoms with van der Waals surface area (Å²) in [6.45, 7) is 16.0. The van der Waals surface area contributed by atoms with Crippen LogP contribution in [0.1, 0.15) is 41.0 Å². The summed E-state index contributed by atoms with van der Waals surface area (Å²) in [5.41, 5.74) is 0.244. The van der Waals surface area contributed by atoms with Crippen LogP contribution in [0.5, 0.6) is 0 Å². The van der Waals surface area contributed by atoms with Gasteiger partial charge < -0.3 is 10.1 Å². The predicted molar refractivity (Wildman–Crippen MR) is 75.8 cm³/mol. The second-order valence-electron chi connectivity index (χ2n) is 7.13. The molecule has 3 heteroatoms. The minimum absolute atomic E-state index is 0.244. The first-order valence-electron chi connectivity index (χ1n) is 7.50. The third-order valence-electron chi connectivity index (χ3n) is 4.63. The van der Waals surface area contributed by atoms with Crippen LogP contribution < -0.4 is 5.32 Å². The van der Waals surface area contributed by atoms with Crippen LogP contribution in [0.15, 0.2) is 0 Å². The summed E-state index contributed by atoms with van der Waals surface area (Å²) >= 11 is 0. The monoisotopic (exact) mass is 254 g/mol. The van der Waals surface area contributed by atoms with Crippen LogP contribution in [-0.2, 0) is 4.74 Å². The lowest BCUT2D eigenvalue weighted by atomic mass is 9.91. The van der Waals surface area contributed by atoms with Crippen LogP contribution in [0.2, 0.25) is 0 Å². The van der Waals surface area contributed by atoms with Crippen molar-refractivity contribution in [2.75, 3.05) is 26.2 Å². The molecule has 0 amide bonds. The molecular weight excluding hydrogens is 224 g/mol. The maximum Gasteiger partial charge on any atom is 0.0588 e. The highest BCUT2D eigenvalue weighted by Gasteiger charge is 2.36. The van der Waals surface area contributed by atoms with Crippen molar-refractivity contribution in [1.29, 1.82) is 0 Å². The van der Waals surface area contributed by atoms with Gasteiger partial charge >= 0.3 is 0 Å². The number of nitrogens with one attached hydrogen (secondary N) is 1. The summed E-state index contributed by atoms with van der Waals surface area (Å²) in [5, 5.41) is 3.68. The van der Waals surface area contributed by atoms with E-state index >= 15 is 0 Å². The average molecular weight is 254 g/mol. The van der Waals surface area contributed by atoms with Gasteiger partial charge in [0, 0.05) is 37.8 Å². The van der Waals surface area contributed by atoms with Crippen LogP contribution in [0, 0.1) is 11.8 Å². The van der Waals surface area contributed by atoms with E-state index in [9.17, 15) is 0 Å². The molecule has 106 valence electrons. The Bertz CT molecular complexity index is 278. The summed E-state index contributed by atoms with van der Waals surface area (Å²) in [6.07, 6.45) is 1.67. The van der Waals surface area contributed by atoms with Gasteiger partial charge in [0.2, 0.25) is 0 Å². The number of hydrogen-bond acceptors (Lipinski definition) is 3. The molecule has 2 aliphatic heterocycles. The van der Waals surface area contributed by atoms with E-state index in [4.69, 9.17) is 4.74 Å². The molecule has 0 aliphatic carbocycles. The molecule has 2 rings (SSSR count). The maximum absolute atomic E-state index is 5.71. The molecular formula is C15H30N2O. The molecule has 2 aliphatic rings. The molecule has 3 atom stereocenters. The highest BCUT2D eigenvalue weighted by molar-refractivity contribution is 4.94. The third kappa shape index (κ3) is 3.25. The Morgan fingerprint density at radius 1 is 1.39 bits per heavy atom. The van der Waals surface area contributed by atoms with Crippen molar-refractivity contribution in [3.8, 4) is 0 Å². The van der Waals surface area contributed by atoms with E-state index in [1.165, 1.54) is 13.0 Å². The number of rotatable bonds is 3. The first-order valence-corrected chi connectivity index (χ1v) is 7.50. The molecule has 0 aromatic heterocycles. The molecule has 3 unspecified atom stereocenters. The van der Waals surface area contributed by atoms with Gasteiger partial charge in [-0.15, -0.1) is 0 Å². The van der Waals surface area contributed by atoms with E-state index in [0.717, 1.165) is 25.6 Å². The molecule has 0 aromatic rings. The van der Waals surface area contributed by atoms with Gasteiger partial charge in [0.15, 0.2) is 0 Å². The van der Waals surface area contributed by atoms with Crippen LogP contribution >= 0.6 is 0 Å². The van der Waals surface area contributed by atoms with Crippen LogP contribution in [0.4, 0.5) is 0 Å². The smallest absolute Gasteiger partial charge is 0.0588 e. The van der Waals surface area contributed by atoms with Gasteiger partial charge in [-0.05, 0) is 39.0 Å². The predicted octanol–water partition coefficient (Wildman–Crippen LogP) is 2.12. The van der Waals surface area contributed by atoms with Gasteiger partial charge in [0.25, 0.3) is 0 Å². The zero-order chi connectivity index (χ0) is 13.3. The van der Waals surface area contributed by atoms with Gasteiger partial charge in [-0.1, -0.05) is 13.8 Å². The van der Waals surface area contributed by atoms with Crippen molar-refractivity contribution in [3.63, 3.8) is 0 Å². The second-order valence-corrected chi connectivity index (χ2v) is 7.13. The molecule has 0 radical (unpaired) electrons. The van der Waals surface area contributed by atoms with Crippen molar-refractivity contribution < 1.29 is 4.74 Å². The molecule has 1 N–H and O–H groups in total. The van der Waals surface area contributed by atoms with Crippen molar-refractivity contribution in [3.05, 3.63) is 0 Å². The Labute approximate surface area is 112 Å². The zero-order valence-electron chi connectivity index (χ0n) is 12.7. The lowest BCUT2D eigenvalue weighted by molar-refractivity contribution is 0.0369. The van der Waals surface area contributed by atoms with Gasteiger partial charge in [-0.25, -0.2) is 0 Å². The van der Waals surface area contributed by atoms with Crippen LogP contribution in [0.3, 0.4) is 0 Å². The highest BCUT2D eigenvalue weighted by atomic mass is 16.5. The number of nitrogens with zero attached hydrogens (tertiary/aromatic N) is 1. The van der Waals surface area contributed by atoms with Crippen LogP contribution in [0.25, 0.3) is 0 Å². The van der Waals surface area contributed by atoms with Crippen molar-refractivity contribution in [2.24, 2.45) is 11.8 Å².